The second-order valence-electron chi connectivity index (χ2n) is 13.8. The molecule has 0 saturated carbocycles. The van der Waals surface area contributed by atoms with Crippen molar-refractivity contribution in [3.05, 3.63) is 71.8 Å². The van der Waals surface area contributed by atoms with Gasteiger partial charge in [-0.2, -0.15) is 23.5 Å². The molecule has 2 aliphatic rings. The summed E-state index contributed by atoms with van der Waals surface area (Å²) in [5.74, 6) is 1.15. The number of hydrogen-bond donors (Lipinski definition) is 8. The van der Waals surface area contributed by atoms with Crippen LogP contribution in [-0.2, 0) is 24.7 Å². The molecule has 4 atom stereocenters. The Kier molecular flexibility index (Phi) is 19.7. The van der Waals surface area contributed by atoms with Crippen LogP contribution in [0.4, 0.5) is 0 Å². The second kappa shape index (κ2) is 22.1. The molecule has 0 spiro atoms. The summed E-state index contributed by atoms with van der Waals surface area (Å²) in [6.45, 7) is 4.73. The van der Waals surface area contributed by atoms with Gasteiger partial charge in [-0.1, -0.05) is 119 Å². The molecule has 2 heterocycles. The van der Waals surface area contributed by atoms with E-state index in [4.69, 9.17) is 0 Å². The molecule has 0 aliphatic carbocycles. The van der Waals surface area contributed by atoms with E-state index < -0.39 is 47.5 Å². The van der Waals surface area contributed by atoms with Gasteiger partial charge in [0.05, 0.1) is 0 Å². The van der Waals surface area contributed by atoms with Crippen LogP contribution in [0.25, 0.3) is 0 Å². The number of nitrogens with zero attached hydrogens (tertiary/aromatic N) is 2. The van der Waals surface area contributed by atoms with Crippen LogP contribution in [-0.4, -0.2) is 102 Å². The lowest BCUT2D eigenvalue weighted by atomic mass is 9.97. The highest BCUT2D eigenvalue weighted by Gasteiger charge is 2.53. The van der Waals surface area contributed by atoms with Gasteiger partial charge >= 0.3 is 30.4 Å². The van der Waals surface area contributed by atoms with Crippen LogP contribution in [0, 0.1) is 0 Å². The third-order valence-corrected chi connectivity index (χ3v) is 19.6. The minimum Gasteiger partial charge on any atom is -0.323 e. The summed E-state index contributed by atoms with van der Waals surface area (Å²) in [6, 6.07) is 18.3. The molecule has 0 amide bonds. The fraction of sp³-hybridized carbons (Fsp3) is 0.647. The van der Waals surface area contributed by atoms with E-state index in [1.165, 1.54) is 9.80 Å². The highest BCUT2D eigenvalue weighted by molar-refractivity contribution is 8.00. The van der Waals surface area contributed by atoms with Crippen LogP contribution in [0.2, 0.25) is 0 Å². The van der Waals surface area contributed by atoms with Gasteiger partial charge in [0.2, 0.25) is 11.0 Å². The van der Waals surface area contributed by atoms with Gasteiger partial charge < -0.3 is 39.1 Å². The molecule has 2 aromatic carbocycles. The molecule has 14 nitrogen and oxygen atoms in total. The van der Waals surface area contributed by atoms with Crippen LogP contribution in [0.3, 0.4) is 0 Å². The normalized spacial score (nSPS) is 22.3. The molecule has 2 aromatic rings. The topological polar surface area (TPSA) is 237 Å². The van der Waals surface area contributed by atoms with Gasteiger partial charge in [-0.15, -0.1) is 0 Å². The smallest absolute Gasteiger partial charge is 0.323 e. The lowest BCUT2D eigenvalue weighted by molar-refractivity contribution is 0.157. The molecule has 0 aromatic heterocycles. The molecule has 2 aliphatic heterocycles. The fourth-order valence-corrected chi connectivity index (χ4v) is 16.0. The molecule has 20 heteroatoms. The lowest BCUT2D eigenvalue weighted by Crippen LogP contribution is -2.52. The SMILES string of the molecule is CCCCCCC1C(CCCCC)SCCN1C(P(=O)(O)O)P(=O)(O)O.O=P(O)(O)C(N1CCSC(c2ccccc2)C1Cc1ccccc1)P(=O)(O)O. The first-order valence-corrected chi connectivity index (χ1v) is 27.2. The molecule has 0 radical (unpaired) electrons. The third kappa shape index (κ3) is 14.8. The Labute approximate surface area is 327 Å². The summed E-state index contributed by atoms with van der Waals surface area (Å²) >= 11 is 3.42. The van der Waals surface area contributed by atoms with Crippen molar-refractivity contribution < 1.29 is 57.4 Å². The highest BCUT2D eigenvalue weighted by atomic mass is 32.2. The Morgan fingerprint density at radius 2 is 1.04 bits per heavy atom. The Morgan fingerprint density at radius 1 is 0.593 bits per heavy atom. The number of hydrogen-bond acceptors (Lipinski definition) is 8. The summed E-state index contributed by atoms with van der Waals surface area (Å²) in [5.41, 5.74) is -2.24. The molecule has 2 fully saturated rings. The maximum atomic E-state index is 12.1. The summed E-state index contributed by atoms with van der Waals surface area (Å²) in [6.07, 6.45) is 9.42. The van der Waals surface area contributed by atoms with E-state index in [1.807, 2.05) is 60.7 Å². The van der Waals surface area contributed by atoms with Crippen molar-refractivity contribution >= 4 is 53.9 Å². The molecular weight excluding hydrogens is 816 g/mol. The number of unbranched alkanes of at least 4 members (excludes halogenated alkanes) is 5. The maximum Gasteiger partial charge on any atom is 0.354 e. The zero-order valence-electron chi connectivity index (χ0n) is 30.8. The first-order chi connectivity index (χ1) is 25.3. The van der Waals surface area contributed by atoms with Gasteiger partial charge in [0, 0.05) is 47.2 Å². The molecule has 2 saturated heterocycles. The van der Waals surface area contributed by atoms with E-state index in [-0.39, 0.29) is 23.1 Å². The van der Waals surface area contributed by atoms with Crippen molar-refractivity contribution in [3.63, 3.8) is 0 Å². The molecule has 8 N–H and O–H groups in total. The van der Waals surface area contributed by atoms with Gasteiger partial charge in [0.15, 0.2) is 0 Å². The largest absolute Gasteiger partial charge is 0.354 e. The highest BCUT2D eigenvalue weighted by Crippen LogP contribution is 2.64. The van der Waals surface area contributed by atoms with Crippen molar-refractivity contribution in [2.24, 2.45) is 0 Å². The van der Waals surface area contributed by atoms with E-state index in [9.17, 15) is 57.4 Å². The Balaban J connectivity index is 0.000000292. The minimum absolute atomic E-state index is 0.164. The molecule has 54 heavy (non-hydrogen) atoms. The first kappa shape index (κ1) is 48.0. The average Bonchev–Trinajstić information content (AvgIpc) is 3.07. The van der Waals surface area contributed by atoms with E-state index in [0.717, 1.165) is 68.9 Å². The average molecular weight is 875 g/mol. The van der Waals surface area contributed by atoms with Crippen LogP contribution < -0.4 is 0 Å². The lowest BCUT2D eigenvalue weighted by Gasteiger charge is -2.45. The zero-order valence-corrected chi connectivity index (χ0v) is 36.1. The summed E-state index contributed by atoms with van der Waals surface area (Å²) in [5, 5.41) is -0.00622. The maximum absolute atomic E-state index is 12.1. The van der Waals surface area contributed by atoms with Crippen molar-refractivity contribution in [2.45, 2.75) is 112 Å². The number of benzene rings is 2. The third-order valence-electron chi connectivity index (χ3n) is 9.62. The Hall–Kier alpha value is -0.340. The van der Waals surface area contributed by atoms with Gasteiger partial charge in [-0.25, -0.2) is 0 Å². The number of rotatable bonds is 18. The zero-order chi connectivity index (χ0) is 40.2. The van der Waals surface area contributed by atoms with E-state index in [0.29, 0.717) is 24.5 Å². The Morgan fingerprint density at radius 3 is 1.54 bits per heavy atom. The van der Waals surface area contributed by atoms with Crippen molar-refractivity contribution in [2.75, 3.05) is 24.6 Å². The van der Waals surface area contributed by atoms with Gasteiger partial charge in [0.25, 0.3) is 0 Å². The molecule has 0 bridgehead atoms. The quantitative estimate of drug-likeness (QED) is 0.0557. The van der Waals surface area contributed by atoms with E-state index >= 15 is 0 Å². The molecule has 4 unspecified atom stereocenters. The van der Waals surface area contributed by atoms with Crippen molar-refractivity contribution in [1.29, 1.82) is 0 Å². The van der Waals surface area contributed by atoms with Crippen LogP contribution in [0.15, 0.2) is 60.7 Å². The van der Waals surface area contributed by atoms with E-state index in [1.54, 1.807) is 23.5 Å². The Bertz CT molecular complexity index is 1550. The summed E-state index contributed by atoms with van der Waals surface area (Å²) in [7, 11) is -20.1. The minimum atomic E-state index is -5.07. The summed E-state index contributed by atoms with van der Waals surface area (Å²) in [4.78, 5) is 80.5. The molecular formula is C34H58N2O12P4S2. The monoisotopic (exact) mass is 874 g/mol. The fourth-order valence-electron chi connectivity index (χ4n) is 7.32. The van der Waals surface area contributed by atoms with Crippen molar-refractivity contribution in [3.8, 4) is 0 Å². The number of thioether (sulfide) groups is 2. The van der Waals surface area contributed by atoms with Crippen molar-refractivity contribution in [1.82, 2.24) is 9.80 Å². The van der Waals surface area contributed by atoms with Crippen LogP contribution in [0.5, 0.6) is 0 Å². The van der Waals surface area contributed by atoms with Crippen LogP contribution >= 0.6 is 53.9 Å². The standard InChI is InChI=1S/C18H23NO6P2S.C16H35NO6P2S/c20-26(21,22)18(27(23,24)25)19-11-12-28-17(15-9-5-2-6-10-15)16(19)13-14-7-3-1-4-8-14;1-3-5-7-9-10-14-15(11-8-6-4-2)26-13-12-17(14)16(24(18,19)20)25(21,22)23/h1-10,16-18H,11-13H2,(H2,20,21,22)(H2,23,24,25);14-16H,3-13H2,1-2H3,(H2,18,19,20)(H2,21,22,23). The predicted octanol–water partition coefficient (Wildman–Crippen LogP) is 6.99. The van der Waals surface area contributed by atoms with Crippen LogP contribution in [0.1, 0.15) is 88.0 Å². The summed E-state index contributed by atoms with van der Waals surface area (Å²) < 4.78 is 48.0. The van der Waals surface area contributed by atoms with Gasteiger partial charge in [-0.05, 0) is 30.4 Å². The first-order valence-electron chi connectivity index (χ1n) is 18.3. The van der Waals surface area contributed by atoms with E-state index in [2.05, 4.69) is 13.8 Å². The van der Waals surface area contributed by atoms with Gasteiger partial charge in [0.1, 0.15) is 0 Å². The second-order valence-corrected chi connectivity index (χ2v) is 23.9. The predicted molar refractivity (Wildman–Crippen MR) is 218 cm³/mol. The van der Waals surface area contributed by atoms with Gasteiger partial charge in [-0.3, -0.25) is 28.1 Å². The molecule has 308 valence electrons. The molecule has 4 rings (SSSR count).